The molecule has 3 heteroatoms. The van der Waals surface area contributed by atoms with Crippen LogP contribution in [0.1, 0.15) is 27.7 Å². The highest BCUT2D eigenvalue weighted by Crippen LogP contribution is 2.36. The maximum Gasteiger partial charge on any atom is 0.192 e. The van der Waals surface area contributed by atoms with E-state index in [2.05, 4.69) is 33.9 Å². The van der Waals surface area contributed by atoms with Gasteiger partial charge in [-0.3, -0.25) is 4.79 Å². The first-order chi connectivity index (χ1) is 6.17. The molecule has 0 atom stereocenters. The molecule has 0 spiro atoms. The lowest BCUT2D eigenvalue weighted by molar-refractivity contribution is -0.112. The summed E-state index contributed by atoms with van der Waals surface area (Å²) in [5, 5.41) is 0.233. The molecular formula is C11H22O2Si. The van der Waals surface area contributed by atoms with Crippen LogP contribution in [0.3, 0.4) is 0 Å². The quantitative estimate of drug-likeness (QED) is 0.531. The van der Waals surface area contributed by atoms with Crippen LogP contribution in [0.2, 0.25) is 18.1 Å². The summed E-state index contributed by atoms with van der Waals surface area (Å²) < 4.78 is 5.84. The molecule has 0 radical (unpaired) electrons. The van der Waals surface area contributed by atoms with E-state index < -0.39 is 8.32 Å². The van der Waals surface area contributed by atoms with Gasteiger partial charge in [0.15, 0.2) is 14.1 Å². The number of hydrogen-bond acceptors (Lipinski definition) is 2. The van der Waals surface area contributed by atoms with Crippen LogP contribution in [-0.2, 0) is 9.22 Å². The van der Waals surface area contributed by atoms with Gasteiger partial charge in [-0.1, -0.05) is 26.8 Å². The van der Waals surface area contributed by atoms with Gasteiger partial charge < -0.3 is 4.43 Å². The van der Waals surface area contributed by atoms with E-state index in [1.165, 1.54) is 0 Å². The van der Waals surface area contributed by atoms with Gasteiger partial charge in [-0.05, 0) is 31.1 Å². The highest BCUT2D eigenvalue weighted by Gasteiger charge is 2.36. The summed E-state index contributed by atoms with van der Waals surface area (Å²) >= 11 is 0. The Bertz CT molecular complexity index is 224. The number of carbonyl (C=O) groups is 1. The molecule has 82 valence electrons. The van der Waals surface area contributed by atoms with E-state index >= 15 is 0 Å². The van der Waals surface area contributed by atoms with Crippen molar-refractivity contribution in [1.82, 2.24) is 0 Å². The molecule has 0 saturated heterocycles. The Morgan fingerprint density at radius 2 is 1.86 bits per heavy atom. The summed E-state index contributed by atoms with van der Waals surface area (Å²) in [6.45, 7) is 13.1. The van der Waals surface area contributed by atoms with Gasteiger partial charge in [0.25, 0.3) is 0 Å². The fourth-order valence-electron chi connectivity index (χ4n) is 0.687. The molecule has 0 aromatic heterocycles. The summed E-state index contributed by atoms with van der Waals surface area (Å²) in [4.78, 5) is 10.6. The van der Waals surface area contributed by atoms with E-state index in [0.29, 0.717) is 6.61 Å². The van der Waals surface area contributed by atoms with Gasteiger partial charge in [-0.25, -0.2) is 0 Å². The monoisotopic (exact) mass is 214 g/mol. The average molecular weight is 214 g/mol. The predicted molar refractivity (Wildman–Crippen MR) is 63.0 cm³/mol. The summed E-state index contributed by atoms with van der Waals surface area (Å²) in [6, 6.07) is 0. The van der Waals surface area contributed by atoms with Crippen molar-refractivity contribution in [3.8, 4) is 0 Å². The molecule has 0 amide bonds. The molecule has 0 N–H and O–H groups in total. The molecule has 0 fully saturated rings. The third-order valence-electron chi connectivity index (χ3n) is 2.70. The van der Waals surface area contributed by atoms with Gasteiger partial charge in [0.2, 0.25) is 0 Å². The first-order valence-corrected chi connectivity index (χ1v) is 7.89. The number of ketones is 1. The van der Waals surface area contributed by atoms with E-state index in [9.17, 15) is 4.79 Å². The molecule has 2 nitrogen and oxygen atoms in total. The standard InChI is InChI=1S/C11H22O2Si/c1-10(12)8-7-9-13-14(5,6)11(2,3)4/h7-8H,9H2,1-6H3. The Morgan fingerprint density at radius 1 is 1.36 bits per heavy atom. The number of allylic oxidation sites excluding steroid dienone is 1. The topological polar surface area (TPSA) is 26.3 Å². The van der Waals surface area contributed by atoms with Crippen molar-refractivity contribution in [2.75, 3.05) is 6.61 Å². The Balaban J connectivity index is 4.07. The fraction of sp³-hybridized carbons (Fsp3) is 0.727. The van der Waals surface area contributed by atoms with Crippen LogP contribution in [0.25, 0.3) is 0 Å². The van der Waals surface area contributed by atoms with E-state index in [0.717, 1.165) is 0 Å². The summed E-state index contributed by atoms with van der Waals surface area (Å²) in [7, 11) is -1.64. The van der Waals surface area contributed by atoms with Gasteiger partial charge in [-0.15, -0.1) is 0 Å². The second-order valence-corrected chi connectivity index (χ2v) is 9.89. The smallest absolute Gasteiger partial charge is 0.192 e. The molecule has 0 aromatic rings. The fourth-order valence-corrected chi connectivity index (χ4v) is 1.63. The summed E-state index contributed by atoms with van der Waals surface area (Å²) in [5.74, 6) is 0.0730. The Kier molecular flexibility index (Phi) is 4.75. The van der Waals surface area contributed by atoms with Crippen molar-refractivity contribution in [1.29, 1.82) is 0 Å². The van der Waals surface area contributed by atoms with Crippen molar-refractivity contribution in [2.24, 2.45) is 0 Å². The molecule has 0 saturated carbocycles. The van der Waals surface area contributed by atoms with E-state index in [-0.39, 0.29) is 10.8 Å². The van der Waals surface area contributed by atoms with Crippen molar-refractivity contribution < 1.29 is 9.22 Å². The average Bonchev–Trinajstić information content (AvgIpc) is 1.95. The van der Waals surface area contributed by atoms with Crippen molar-refractivity contribution >= 4 is 14.1 Å². The summed E-state index contributed by atoms with van der Waals surface area (Å²) in [6.07, 6.45) is 3.36. The zero-order chi connectivity index (χ0) is 11.4. The van der Waals surface area contributed by atoms with Crippen molar-refractivity contribution in [3.63, 3.8) is 0 Å². The largest absolute Gasteiger partial charge is 0.413 e. The van der Waals surface area contributed by atoms with E-state index in [1.54, 1.807) is 19.1 Å². The zero-order valence-corrected chi connectivity index (χ0v) is 11.2. The minimum Gasteiger partial charge on any atom is -0.413 e. The molecule has 0 bridgehead atoms. The normalized spacial score (nSPS) is 13.6. The Morgan fingerprint density at radius 3 is 2.21 bits per heavy atom. The van der Waals surface area contributed by atoms with Gasteiger partial charge >= 0.3 is 0 Å². The number of carbonyl (C=O) groups excluding carboxylic acids is 1. The van der Waals surface area contributed by atoms with Crippen LogP contribution in [0.4, 0.5) is 0 Å². The second-order valence-electron chi connectivity index (χ2n) is 5.08. The maximum atomic E-state index is 10.6. The van der Waals surface area contributed by atoms with Gasteiger partial charge in [0, 0.05) is 0 Å². The Hall–Kier alpha value is -0.413. The highest BCUT2D eigenvalue weighted by molar-refractivity contribution is 6.74. The predicted octanol–water partition coefficient (Wildman–Crippen LogP) is 3.15. The van der Waals surface area contributed by atoms with E-state index in [1.807, 2.05) is 0 Å². The molecule has 0 rings (SSSR count). The zero-order valence-electron chi connectivity index (χ0n) is 10.2. The minimum atomic E-state index is -1.64. The number of rotatable bonds is 4. The van der Waals surface area contributed by atoms with Gasteiger partial charge in [-0.2, -0.15) is 0 Å². The molecule has 0 aliphatic rings. The molecule has 0 aliphatic heterocycles. The number of hydrogen-bond donors (Lipinski definition) is 0. The lowest BCUT2D eigenvalue weighted by Gasteiger charge is -2.35. The van der Waals surface area contributed by atoms with Gasteiger partial charge in [0.05, 0.1) is 6.61 Å². The first-order valence-electron chi connectivity index (χ1n) is 4.98. The second kappa shape index (κ2) is 4.89. The highest BCUT2D eigenvalue weighted by atomic mass is 28.4. The summed E-state index contributed by atoms with van der Waals surface area (Å²) in [5.41, 5.74) is 0. The van der Waals surface area contributed by atoms with Crippen LogP contribution in [-0.4, -0.2) is 20.7 Å². The molecule has 0 aliphatic carbocycles. The minimum absolute atomic E-state index is 0.0730. The van der Waals surface area contributed by atoms with Crippen LogP contribution in [0.15, 0.2) is 12.2 Å². The molecule has 14 heavy (non-hydrogen) atoms. The first kappa shape index (κ1) is 13.6. The van der Waals surface area contributed by atoms with Crippen molar-refractivity contribution in [3.05, 3.63) is 12.2 Å². The maximum absolute atomic E-state index is 10.6. The van der Waals surface area contributed by atoms with Crippen molar-refractivity contribution in [2.45, 2.75) is 45.8 Å². The van der Waals surface area contributed by atoms with Gasteiger partial charge in [0.1, 0.15) is 0 Å². The van der Waals surface area contributed by atoms with Crippen LogP contribution in [0.5, 0.6) is 0 Å². The third-order valence-corrected chi connectivity index (χ3v) is 7.20. The Labute approximate surface area is 88.5 Å². The van der Waals surface area contributed by atoms with Crippen LogP contribution < -0.4 is 0 Å². The SMILES string of the molecule is CC(=O)C=CCO[Si](C)(C)C(C)(C)C. The molecule has 0 aromatic carbocycles. The lowest BCUT2D eigenvalue weighted by Crippen LogP contribution is -2.40. The molecule has 0 heterocycles. The third kappa shape index (κ3) is 4.72. The molecule has 0 unspecified atom stereocenters. The molecular weight excluding hydrogens is 192 g/mol. The van der Waals surface area contributed by atoms with Crippen LogP contribution in [0, 0.1) is 0 Å². The van der Waals surface area contributed by atoms with E-state index in [4.69, 9.17) is 4.43 Å². The van der Waals surface area contributed by atoms with Crippen LogP contribution >= 0.6 is 0 Å². The lowest BCUT2D eigenvalue weighted by atomic mass is 10.2.